The number of fused-ring (bicyclic) bond motifs is 2. The van der Waals surface area contributed by atoms with Gasteiger partial charge in [0.25, 0.3) is 0 Å². The molecule has 1 saturated heterocycles. The fourth-order valence-corrected chi connectivity index (χ4v) is 5.17. The molecule has 9 heteroatoms. The average molecular weight is 512 g/mol. The van der Waals surface area contributed by atoms with Crippen LogP contribution in [0.3, 0.4) is 0 Å². The minimum atomic E-state index is -1.93. The molecule has 2 heterocycles. The van der Waals surface area contributed by atoms with Gasteiger partial charge in [0.05, 0.1) is 24.7 Å². The van der Waals surface area contributed by atoms with E-state index in [1.54, 1.807) is 13.0 Å². The summed E-state index contributed by atoms with van der Waals surface area (Å²) in [6, 6.07) is 0. The van der Waals surface area contributed by atoms with Gasteiger partial charge in [-0.15, -0.1) is 0 Å². The summed E-state index contributed by atoms with van der Waals surface area (Å²) in [4.78, 5) is 24.5. The Morgan fingerprint density at radius 3 is 2.61 bits per heavy atom. The number of hydrogen-bond acceptors (Lipinski definition) is 8. The highest BCUT2D eigenvalue weighted by atomic mass is 16.6. The molecular weight excluding hydrogens is 466 g/mol. The standard InChI is InChI=1S/C27H45NO8/c1-6-7-16(2)8-9-18(4)22-13-21(30)12-20(29)10-17(3)11-23-19(5)24(35-26(28)32)14-27(33,36-23)15-25(31)34-22/h6-7,11,16,18-24,29-30,33H,8-10,12-15H2,1-5H3,(H2,28,32)/b7-6+,17-11-/t16?,18?,19-,20-,21+,22-,23+,24+,27+/m1/s1. The van der Waals surface area contributed by atoms with Crippen molar-refractivity contribution in [3.63, 3.8) is 0 Å². The fourth-order valence-electron chi connectivity index (χ4n) is 5.17. The molecule has 0 aliphatic carbocycles. The summed E-state index contributed by atoms with van der Waals surface area (Å²) in [6.07, 6.45) is 2.85. The minimum Gasteiger partial charge on any atom is -0.462 e. The first-order chi connectivity index (χ1) is 16.8. The van der Waals surface area contributed by atoms with Gasteiger partial charge in [-0.25, -0.2) is 4.79 Å². The molecule has 9 nitrogen and oxygen atoms in total. The lowest BCUT2D eigenvalue weighted by Gasteiger charge is -2.43. The third-order valence-electron chi connectivity index (χ3n) is 7.24. The Bertz CT molecular complexity index is 799. The second-order valence-corrected chi connectivity index (χ2v) is 10.8. The molecule has 1 fully saturated rings. The van der Waals surface area contributed by atoms with Crippen LogP contribution in [0.15, 0.2) is 23.8 Å². The number of carbonyl (C=O) groups excluding carboxylic acids is 2. The van der Waals surface area contributed by atoms with Gasteiger partial charge < -0.3 is 35.3 Å². The van der Waals surface area contributed by atoms with Crippen molar-refractivity contribution in [1.29, 1.82) is 0 Å². The zero-order valence-corrected chi connectivity index (χ0v) is 22.3. The number of allylic oxidation sites excluding steroid dienone is 2. The molecule has 36 heavy (non-hydrogen) atoms. The molecule has 2 aliphatic heterocycles. The molecule has 1 amide bonds. The van der Waals surface area contributed by atoms with Crippen LogP contribution in [-0.4, -0.2) is 63.7 Å². The Morgan fingerprint density at radius 1 is 1.28 bits per heavy atom. The number of hydrogen-bond donors (Lipinski definition) is 4. The van der Waals surface area contributed by atoms with Crippen molar-refractivity contribution in [3.8, 4) is 0 Å². The van der Waals surface area contributed by atoms with Crippen molar-refractivity contribution < 1.29 is 39.1 Å². The molecule has 206 valence electrons. The highest BCUT2D eigenvalue weighted by Gasteiger charge is 2.47. The normalized spacial score (nSPS) is 37.8. The molecule has 2 bridgehead atoms. The maximum atomic E-state index is 13.0. The van der Waals surface area contributed by atoms with Crippen LogP contribution in [0.25, 0.3) is 0 Å². The molecule has 0 aromatic carbocycles. The summed E-state index contributed by atoms with van der Waals surface area (Å²) in [7, 11) is 0. The zero-order valence-electron chi connectivity index (χ0n) is 22.3. The van der Waals surface area contributed by atoms with Crippen LogP contribution in [0.2, 0.25) is 0 Å². The molecule has 0 saturated carbocycles. The van der Waals surface area contributed by atoms with Gasteiger partial charge in [0.2, 0.25) is 0 Å². The molecule has 2 aliphatic rings. The smallest absolute Gasteiger partial charge is 0.404 e. The summed E-state index contributed by atoms with van der Waals surface area (Å²) in [5.41, 5.74) is 6.03. The predicted octanol–water partition coefficient (Wildman–Crippen LogP) is 3.35. The molecular formula is C27H45NO8. The SMILES string of the molecule is C/C=C/C(C)CCC(C)[C@H]1C[C@@H](O)C[C@H](O)C/C(C)=C\[C@@H]2O[C@](O)(CC(=O)O1)C[C@H](OC(N)=O)[C@@H]2C. The van der Waals surface area contributed by atoms with E-state index in [0.717, 1.165) is 18.4 Å². The fraction of sp³-hybridized carbons (Fsp3) is 0.778. The maximum absolute atomic E-state index is 13.0. The van der Waals surface area contributed by atoms with E-state index in [2.05, 4.69) is 13.0 Å². The molecule has 5 N–H and O–H groups in total. The van der Waals surface area contributed by atoms with Crippen LogP contribution in [0.5, 0.6) is 0 Å². The number of nitrogens with two attached hydrogens (primary N) is 1. The van der Waals surface area contributed by atoms with Crippen LogP contribution in [0.1, 0.15) is 79.6 Å². The molecule has 2 unspecified atom stereocenters. The van der Waals surface area contributed by atoms with Gasteiger partial charge in [0, 0.05) is 18.8 Å². The predicted molar refractivity (Wildman–Crippen MR) is 135 cm³/mol. The number of amides is 1. The lowest BCUT2D eigenvalue weighted by molar-refractivity contribution is -0.279. The van der Waals surface area contributed by atoms with Gasteiger partial charge in [-0.3, -0.25) is 4.79 Å². The number of esters is 1. The Morgan fingerprint density at radius 2 is 1.97 bits per heavy atom. The van der Waals surface area contributed by atoms with Crippen molar-refractivity contribution in [2.75, 3.05) is 0 Å². The molecule has 9 atom stereocenters. The molecule has 0 aromatic heterocycles. The zero-order chi connectivity index (χ0) is 27.0. The van der Waals surface area contributed by atoms with Crippen LogP contribution >= 0.6 is 0 Å². The first-order valence-electron chi connectivity index (χ1n) is 13.0. The third-order valence-corrected chi connectivity index (χ3v) is 7.24. The van der Waals surface area contributed by atoms with E-state index in [4.69, 9.17) is 19.9 Å². The van der Waals surface area contributed by atoms with E-state index in [1.807, 2.05) is 26.8 Å². The van der Waals surface area contributed by atoms with Crippen molar-refractivity contribution in [3.05, 3.63) is 23.8 Å². The molecule has 2 rings (SSSR count). The van der Waals surface area contributed by atoms with Gasteiger partial charge in [0.15, 0.2) is 5.79 Å². The van der Waals surface area contributed by atoms with Crippen molar-refractivity contribution in [1.82, 2.24) is 0 Å². The van der Waals surface area contributed by atoms with Crippen molar-refractivity contribution in [2.45, 2.75) is 116 Å². The van der Waals surface area contributed by atoms with Gasteiger partial charge in [-0.05, 0) is 51.4 Å². The number of aliphatic hydroxyl groups excluding tert-OH is 2. The van der Waals surface area contributed by atoms with Crippen molar-refractivity contribution >= 4 is 12.1 Å². The maximum Gasteiger partial charge on any atom is 0.404 e. The number of cyclic esters (lactones) is 1. The summed E-state index contributed by atoms with van der Waals surface area (Å²) >= 11 is 0. The molecule has 0 spiro atoms. The van der Waals surface area contributed by atoms with Gasteiger partial charge in [-0.1, -0.05) is 44.6 Å². The van der Waals surface area contributed by atoms with Crippen LogP contribution in [0.4, 0.5) is 4.79 Å². The Balaban J connectivity index is 2.30. The van der Waals surface area contributed by atoms with E-state index >= 15 is 0 Å². The lowest BCUT2D eigenvalue weighted by atomic mass is 9.85. The topological polar surface area (TPSA) is 149 Å². The number of aliphatic hydroxyl groups is 3. The number of primary amides is 1. The Hall–Kier alpha value is -1.94. The van der Waals surface area contributed by atoms with Crippen molar-refractivity contribution in [2.24, 2.45) is 23.5 Å². The van der Waals surface area contributed by atoms with E-state index in [9.17, 15) is 24.9 Å². The van der Waals surface area contributed by atoms with Crippen LogP contribution in [0, 0.1) is 17.8 Å². The van der Waals surface area contributed by atoms with E-state index in [1.165, 1.54) is 0 Å². The lowest BCUT2D eigenvalue weighted by Crippen LogP contribution is -2.53. The second-order valence-electron chi connectivity index (χ2n) is 10.8. The Labute approximate surface area is 214 Å². The van der Waals surface area contributed by atoms with Crippen LogP contribution < -0.4 is 5.73 Å². The minimum absolute atomic E-state index is 0.0522. The summed E-state index contributed by atoms with van der Waals surface area (Å²) in [5.74, 6) is -2.64. The largest absolute Gasteiger partial charge is 0.462 e. The summed E-state index contributed by atoms with van der Waals surface area (Å²) in [5, 5.41) is 32.5. The second kappa shape index (κ2) is 13.6. The van der Waals surface area contributed by atoms with E-state index < -0.39 is 54.8 Å². The Kier molecular flexibility index (Phi) is 11.4. The average Bonchev–Trinajstić information content (AvgIpc) is 2.73. The summed E-state index contributed by atoms with van der Waals surface area (Å²) < 4.78 is 17.0. The van der Waals surface area contributed by atoms with Crippen LogP contribution in [-0.2, 0) is 19.0 Å². The highest BCUT2D eigenvalue weighted by molar-refractivity contribution is 5.70. The number of rotatable bonds is 6. The first kappa shape index (κ1) is 30.3. The van der Waals surface area contributed by atoms with E-state index in [0.29, 0.717) is 12.3 Å². The van der Waals surface area contributed by atoms with E-state index in [-0.39, 0.29) is 31.1 Å². The molecule has 0 radical (unpaired) electrons. The first-order valence-corrected chi connectivity index (χ1v) is 13.0. The molecule has 0 aromatic rings. The summed E-state index contributed by atoms with van der Waals surface area (Å²) in [6.45, 7) is 9.68. The number of ether oxygens (including phenoxy) is 3. The quantitative estimate of drug-likeness (QED) is 0.313. The monoisotopic (exact) mass is 511 g/mol. The van der Waals surface area contributed by atoms with Gasteiger partial charge >= 0.3 is 12.1 Å². The highest BCUT2D eigenvalue weighted by Crippen LogP contribution is 2.37. The van der Waals surface area contributed by atoms with Gasteiger partial charge in [0.1, 0.15) is 12.2 Å². The third kappa shape index (κ3) is 9.50. The number of carbonyl (C=O) groups is 2. The van der Waals surface area contributed by atoms with Gasteiger partial charge in [-0.2, -0.15) is 0 Å².